The Morgan fingerprint density at radius 1 is 0.931 bits per heavy atom. The maximum atomic E-state index is 12.9. The molecule has 0 radical (unpaired) electrons. The number of benzene rings is 2. The molecule has 0 aromatic heterocycles. The number of piperazine rings is 1. The minimum absolute atomic E-state index is 0.0114. The van der Waals surface area contributed by atoms with Crippen LogP contribution in [-0.2, 0) is 11.0 Å². The van der Waals surface area contributed by atoms with E-state index in [0.29, 0.717) is 32.6 Å². The number of carbonyl (C=O) groups is 2. The third kappa shape index (κ3) is 5.16. The Balaban J connectivity index is 1.56. The van der Waals surface area contributed by atoms with E-state index >= 15 is 0 Å². The van der Waals surface area contributed by atoms with E-state index in [1.807, 2.05) is 37.3 Å². The van der Waals surface area contributed by atoms with Gasteiger partial charge in [-0.1, -0.05) is 43.3 Å². The third-order valence-corrected chi connectivity index (χ3v) is 5.21. The highest BCUT2D eigenvalue weighted by molar-refractivity contribution is 5.94. The molecule has 1 heterocycles. The molecular formula is C22H23F3N2O2. The Labute approximate surface area is 167 Å². The third-order valence-electron chi connectivity index (χ3n) is 5.21. The van der Waals surface area contributed by atoms with E-state index in [2.05, 4.69) is 0 Å². The fourth-order valence-corrected chi connectivity index (χ4v) is 3.46. The molecular weight excluding hydrogens is 381 g/mol. The Kier molecular flexibility index (Phi) is 6.25. The van der Waals surface area contributed by atoms with E-state index in [-0.39, 0.29) is 17.4 Å². The quantitative estimate of drug-likeness (QED) is 0.767. The Hall–Kier alpha value is -2.83. The van der Waals surface area contributed by atoms with E-state index < -0.39 is 17.6 Å². The number of alkyl halides is 3. The van der Waals surface area contributed by atoms with E-state index in [9.17, 15) is 22.8 Å². The zero-order chi connectivity index (χ0) is 21.0. The maximum Gasteiger partial charge on any atom is 0.416 e. The first-order valence-electron chi connectivity index (χ1n) is 9.55. The molecule has 154 valence electrons. The van der Waals surface area contributed by atoms with Gasteiger partial charge < -0.3 is 9.80 Å². The van der Waals surface area contributed by atoms with Crippen LogP contribution in [-0.4, -0.2) is 47.8 Å². The van der Waals surface area contributed by atoms with Gasteiger partial charge in [-0.3, -0.25) is 9.59 Å². The fourth-order valence-electron chi connectivity index (χ4n) is 3.46. The van der Waals surface area contributed by atoms with Gasteiger partial charge >= 0.3 is 6.18 Å². The fraction of sp³-hybridized carbons (Fsp3) is 0.364. The van der Waals surface area contributed by atoms with Crippen LogP contribution in [0.25, 0.3) is 0 Å². The molecule has 0 bridgehead atoms. The lowest BCUT2D eigenvalue weighted by Crippen LogP contribution is -2.50. The van der Waals surface area contributed by atoms with Gasteiger partial charge in [-0.05, 0) is 29.7 Å². The van der Waals surface area contributed by atoms with Crippen molar-refractivity contribution >= 4 is 11.8 Å². The Morgan fingerprint density at radius 2 is 1.55 bits per heavy atom. The van der Waals surface area contributed by atoms with Gasteiger partial charge in [0.25, 0.3) is 5.91 Å². The lowest BCUT2D eigenvalue weighted by Gasteiger charge is -2.35. The van der Waals surface area contributed by atoms with Crippen molar-refractivity contribution in [2.75, 3.05) is 26.2 Å². The van der Waals surface area contributed by atoms with Crippen molar-refractivity contribution in [3.8, 4) is 0 Å². The van der Waals surface area contributed by atoms with Gasteiger partial charge in [0.2, 0.25) is 5.91 Å². The summed E-state index contributed by atoms with van der Waals surface area (Å²) in [4.78, 5) is 28.4. The minimum Gasteiger partial charge on any atom is -0.339 e. The predicted molar refractivity (Wildman–Crippen MR) is 103 cm³/mol. The molecule has 0 N–H and O–H groups in total. The molecule has 1 aliphatic heterocycles. The first-order valence-corrected chi connectivity index (χ1v) is 9.55. The number of amides is 2. The number of hydrogen-bond acceptors (Lipinski definition) is 2. The van der Waals surface area contributed by atoms with Gasteiger partial charge in [0.15, 0.2) is 0 Å². The van der Waals surface area contributed by atoms with Crippen molar-refractivity contribution in [3.63, 3.8) is 0 Å². The van der Waals surface area contributed by atoms with Crippen molar-refractivity contribution in [2.24, 2.45) is 0 Å². The molecule has 1 atom stereocenters. The lowest BCUT2D eigenvalue weighted by atomic mass is 9.97. The predicted octanol–water partition coefficient (Wildman–Crippen LogP) is 4.18. The van der Waals surface area contributed by atoms with E-state index in [0.717, 1.165) is 17.7 Å². The molecule has 0 unspecified atom stereocenters. The highest BCUT2D eigenvalue weighted by atomic mass is 19.4. The monoisotopic (exact) mass is 404 g/mol. The van der Waals surface area contributed by atoms with Gasteiger partial charge in [-0.2, -0.15) is 13.2 Å². The first kappa shape index (κ1) is 20.9. The van der Waals surface area contributed by atoms with Crippen molar-refractivity contribution in [1.29, 1.82) is 0 Å². The molecule has 0 aliphatic carbocycles. The summed E-state index contributed by atoms with van der Waals surface area (Å²) >= 11 is 0. The second-order valence-electron chi connectivity index (χ2n) is 7.27. The van der Waals surface area contributed by atoms with Crippen molar-refractivity contribution in [1.82, 2.24) is 9.80 Å². The minimum atomic E-state index is -4.49. The van der Waals surface area contributed by atoms with Crippen LogP contribution >= 0.6 is 0 Å². The van der Waals surface area contributed by atoms with E-state index in [1.165, 1.54) is 17.0 Å². The standard InChI is InChI=1S/C22H23F3N2O2/c1-16(17-6-3-2-4-7-17)14-20(28)26-10-12-27(13-11-26)21(29)18-8-5-9-19(15-18)22(23,24)25/h2-9,15-16H,10-14H2,1H3/t16-/m1/s1. The highest BCUT2D eigenvalue weighted by Crippen LogP contribution is 2.30. The summed E-state index contributed by atoms with van der Waals surface area (Å²) in [5.74, 6) is -0.332. The normalized spacial score (nSPS) is 15.9. The summed E-state index contributed by atoms with van der Waals surface area (Å²) in [5, 5.41) is 0. The molecule has 4 nitrogen and oxygen atoms in total. The SMILES string of the molecule is C[C@H](CC(=O)N1CCN(C(=O)c2cccc(C(F)(F)F)c2)CC1)c1ccccc1. The molecule has 7 heteroatoms. The molecule has 1 aliphatic rings. The molecule has 1 fully saturated rings. The smallest absolute Gasteiger partial charge is 0.339 e. The van der Waals surface area contributed by atoms with Gasteiger partial charge in [-0.15, -0.1) is 0 Å². The van der Waals surface area contributed by atoms with Gasteiger partial charge in [0, 0.05) is 38.2 Å². The van der Waals surface area contributed by atoms with Gasteiger partial charge in [0.1, 0.15) is 0 Å². The zero-order valence-corrected chi connectivity index (χ0v) is 16.2. The summed E-state index contributed by atoms with van der Waals surface area (Å²) in [6.07, 6.45) is -4.11. The second-order valence-corrected chi connectivity index (χ2v) is 7.27. The molecule has 0 spiro atoms. The number of hydrogen-bond donors (Lipinski definition) is 0. The van der Waals surface area contributed by atoms with Crippen LogP contribution in [0.3, 0.4) is 0 Å². The summed E-state index contributed by atoms with van der Waals surface area (Å²) in [6.45, 7) is 3.37. The second kappa shape index (κ2) is 8.68. The molecule has 1 saturated heterocycles. The van der Waals surface area contributed by atoms with Crippen LogP contribution in [0.2, 0.25) is 0 Å². The summed E-state index contributed by atoms with van der Waals surface area (Å²) < 4.78 is 38.6. The number of rotatable bonds is 4. The molecule has 0 saturated carbocycles. The lowest BCUT2D eigenvalue weighted by molar-refractivity contribution is -0.137. The highest BCUT2D eigenvalue weighted by Gasteiger charge is 2.32. The molecule has 29 heavy (non-hydrogen) atoms. The van der Waals surface area contributed by atoms with Crippen LogP contribution < -0.4 is 0 Å². The van der Waals surface area contributed by atoms with Crippen LogP contribution in [0.4, 0.5) is 13.2 Å². The molecule has 2 amide bonds. The molecule has 2 aromatic carbocycles. The van der Waals surface area contributed by atoms with Gasteiger partial charge in [0.05, 0.1) is 5.56 Å². The number of carbonyl (C=O) groups excluding carboxylic acids is 2. The maximum absolute atomic E-state index is 12.9. The average molecular weight is 404 g/mol. The van der Waals surface area contributed by atoms with E-state index in [4.69, 9.17) is 0 Å². The van der Waals surface area contributed by atoms with Crippen LogP contribution in [0.15, 0.2) is 54.6 Å². The summed E-state index contributed by atoms with van der Waals surface area (Å²) in [5.41, 5.74) is 0.267. The van der Waals surface area contributed by atoms with Crippen molar-refractivity contribution in [2.45, 2.75) is 25.4 Å². The number of nitrogens with zero attached hydrogens (tertiary/aromatic N) is 2. The topological polar surface area (TPSA) is 40.6 Å². The zero-order valence-electron chi connectivity index (χ0n) is 16.2. The number of halogens is 3. The Morgan fingerprint density at radius 3 is 2.17 bits per heavy atom. The van der Waals surface area contributed by atoms with E-state index in [1.54, 1.807) is 4.90 Å². The molecule has 2 aromatic rings. The van der Waals surface area contributed by atoms with Crippen LogP contribution in [0.5, 0.6) is 0 Å². The van der Waals surface area contributed by atoms with Gasteiger partial charge in [-0.25, -0.2) is 0 Å². The van der Waals surface area contributed by atoms with Crippen molar-refractivity contribution < 1.29 is 22.8 Å². The Bertz CT molecular complexity index is 860. The summed E-state index contributed by atoms with van der Waals surface area (Å²) in [7, 11) is 0. The summed E-state index contributed by atoms with van der Waals surface area (Å²) in [6, 6.07) is 14.2. The largest absolute Gasteiger partial charge is 0.416 e. The average Bonchev–Trinajstić information content (AvgIpc) is 2.73. The van der Waals surface area contributed by atoms with Crippen LogP contribution in [0, 0.1) is 0 Å². The van der Waals surface area contributed by atoms with Crippen molar-refractivity contribution in [3.05, 3.63) is 71.3 Å². The first-order chi connectivity index (χ1) is 13.8. The molecule has 3 rings (SSSR count). The van der Waals surface area contributed by atoms with Crippen LogP contribution in [0.1, 0.15) is 40.7 Å².